The van der Waals surface area contributed by atoms with Gasteiger partial charge in [-0.25, -0.2) is 4.39 Å². The number of nitrogens with zero attached hydrogens (tertiary/aromatic N) is 2. The molecule has 4 rings (SSSR count). The highest BCUT2D eigenvalue weighted by Crippen LogP contribution is 2.35. The van der Waals surface area contributed by atoms with E-state index in [0.717, 1.165) is 42.6 Å². The molecule has 0 unspecified atom stereocenters. The number of methoxy groups -OCH3 is 1. The van der Waals surface area contributed by atoms with Crippen LogP contribution in [0.25, 0.3) is 10.9 Å². The summed E-state index contributed by atoms with van der Waals surface area (Å²) in [6, 6.07) is 15.7. The number of aromatic nitrogens is 1. The van der Waals surface area contributed by atoms with Crippen LogP contribution in [0.5, 0.6) is 5.75 Å². The van der Waals surface area contributed by atoms with Crippen molar-refractivity contribution in [3.63, 3.8) is 0 Å². The van der Waals surface area contributed by atoms with E-state index in [1.54, 1.807) is 19.4 Å². The Morgan fingerprint density at radius 1 is 1.28 bits per heavy atom. The molecule has 7 heteroatoms. The molecule has 1 aliphatic rings. The quantitative estimate of drug-likeness (QED) is 0.233. The van der Waals surface area contributed by atoms with Gasteiger partial charge in [-0.15, -0.1) is 11.8 Å². The molecule has 2 aromatic carbocycles. The number of alkyl halides is 1. The molecule has 36 heavy (non-hydrogen) atoms. The first-order valence-electron chi connectivity index (χ1n) is 12.7. The number of aryl methyl sites for hydroxylation is 1. The SMILES string of the molecule is COc1ccc2nccc([C@H](F)CC[C@@H]3CCN(CCCSc4cccc(C)c4)C[C@@H]3C(=O)O)c2c1. The molecule has 192 valence electrons. The standard InChI is InChI=1S/C29H35FN2O3S/c1-20-5-3-6-23(17-20)36-16-4-14-32-15-12-21(26(19-32)29(33)34)7-9-27(30)24-11-13-31-28-10-8-22(35-2)18-25(24)28/h3,5-6,8,10-11,13,17-18,21,26-27H,4,7,9,12,14-16,19H2,1-2H3,(H,33,34)/t21-,26+,27-/m1/s1. The average Bonchev–Trinajstić information content (AvgIpc) is 2.89. The number of piperidine rings is 1. The second-order valence-corrected chi connectivity index (χ2v) is 10.8. The number of carboxylic acids is 1. The number of halogens is 1. The van der Waals surface area contributed by atoms with Crippen LogP contribution in [-0.4, -0.2) is 53.5 Å². The van der Waals surface area contributed by atoms with E-state index in [2.05, 4.69) is 41.1 Å². The minimum Gasteiger partial charge on any atom is -0.497 e. The van der Waals surface area contributed by atoms with Gasteiger partial charge in [0.05, 0.1) is 18.5 Å². The number of carboxylic acid groups (broad SMARTS) is 1. The molecule has 0 radical (unpaired) electrons. The molecule has 1 N–H and O–H groups in total. The van der Waals surface area contributed by atoms with Crippen LogP contribution in [0.3, 0.4) is 0 Å². The number of hydrogen-bond donors (Lipinski definition) is 1. The monoisotopic (exact) mass is 510 g/mol. The lowest BCUT2D eigenvalue weighted by Crippen LogP contribution is -2.44. The van der Waals surface area contributed by atoms with Crippen molar-refractivity contribution < 1.29 is 19.0 Å². The molecule has 3 aromatic rings. The molecular weight excluding hydrogens is 475 g/mol. The summed E-state index contributed by atoms with van der Waals surface area (Å²) < 4.78 is 20.7. The van der Waals surface area contributed by atoms with E-state index in [1.807, 2.05) is 30.0 Å². The summed E-state index contributed by atoms with van der Waals surface area (Å²) >= 11 is 1.85. The summed E-state index contributed by atoms with van der Waals surface area (Å²) in [6.45, 7) is 4.41. The van der Waals surface area contributed by atoms with E-state index in [-0.39, 0.29) is 5.92 Å². The third kappa shape index (κ3) is 6.77. The lowest BCUT2D eigenvalue weighted by atomic mass is 9.81. The summed E-state index contributed by atoms with van der Waals surface area (Å²) in [5, 5.41) is 10.7. The predicted octanol–water partition coefficient (Wildman–Crippen LogP) is 6.55. The smallest absolute Gasteiger partial charge is 0.308 e. The Kier molecular flexibility index (Phi) is 9.21. The molecule has 1 aromatic heterocycles. The third-order valence-corrected chi connectivity index (χ3v) is 8.23. The van der Waals surface area contributed by atoms with Crippen molar-refractivity contribution in [1.82, 2.24) is 9.88 Å². The van der Waals surface area contributed by atoms with Crippen molar-refractivity contribution in [3.05, 3.63) is 65.9 Å². The highest BCUT2D eigenvalue weighted by atomic mass is 32.2. The van der Waals surface area contributed by atoms with Crippen LogP contribution in [0.15, 0.2) is 59.6 Å². The number of aliphatic carboxylic acids is 1. The van der Waals surface area contributed by atoms with Crippen LogP contribution in [0.4, 0.5) is 4.39 Å². The Morgan fingerprint density at radius 2 is 2.14 bits per heavy atom. The Hall–Kier alpha value is -2.64. The van der Waals surface area contributed by atoms with Gasteiger partial charge in [0.2, 0.25) is 0 Å². The maximum atomic E-state index is 15.4. The maximum absolute atomic E-state index is 15.4. The number of rotatable bonds is 11. The molecule has 1 saturated heterocycles. The van der Waals surface area contributed by atoms with E-state index in [1.165, 1.54) is 10.5 Å². The minimum atomic E-state index is -1.17. The zero-order valence-electron chi connectivity index (χ0n) is 21.0. The van der Waals surface area contributed by atoms with Gasteiger partial charge in [-0.1, -0.05) is 17.7 Å². The fourth-order valence-corrected chi connectivity index (χ4v) is 6.10. The normalized spacial score (nSPS) is 19.3. The van der Waals surface area contributed by atoms with Crippen LogP contribution < -0.4 is 4.74 Å². The molecule has 5 nitrogen and oxygen atoms in total. The molecule has 0 aliphatic carbocycles. The lowest BCUT2D eigenvalue weighted by Gasteiger charge is -2.36. The van der Waals surface area contributed by atoms with Gasteiger partial charge in [-0.05, 0) is 99.3 Å². The minimum absolute atomic E-state index is 0.0127. The zero-order valence-corrected chi connectivity index (χ0v) is 21.8. The van der Waals surface area contributed by atoms with Crippen molar-refractivity contribution in [2.75, 3.05) is 32.5 Å². The highest BCUT2D eigenvalue weighted by Gasteiger charge is 2.34. The number of thioether (sulfide) groups is 1. The second kappa shape index (κ2) is 12.5. The van der Waals surface area contributed by atoms with Crippen molar-refractivity contribution in [3.8, 4) is 5.75 Å². The third-order valence-electron chi connectivity index (χ3n) is 7.14. The molecule has 2 heterocycles. The van der Waals surface area contributed by atoms with Gasteiger partial charge < -0.3 is 14.7 Å². The molecule has 0 bridgehead atoms. The number of benzene rings is 2. The number of pyridine rings is 1. The van der Waals surface area contributed by atoms with Gasteiger partial charge in [0.25, 0.3) is 0 Å². The number of likely N-dealkylation sites (tertiary alicyclic amines) is 1. The summed E-state index contributed by atoms with van der Waals surface area (Å²) in [5.74, 6) is 0.439. The Labute approximate surface area is 217 Å². The topological polar surface area (TPSA) is 62.7 Å². The van der Waals surface area contributed by atoms with Gasteiger partial charge >= 0.3 is 5.97 Å². The summed E-state index contributed by atoms with van der Waals surface area (Å²) in [7, 11) is 1.59. The molecule has 0 amide bonds. The highest BCUT2D eigenvalue weighted by molar-refractivity contribution is 7.99. The number of ether oxygens (including phenoxy) is 1. The Bertz CT molecular complexity index is 1170. The summed E-state index contributed by atoms with van der Waals surface area (Å²) in [5.41, 5.74) is 2.58. The van der Waals surface area contributed by atoms with Gasteiger partial charge in [-0.2, -0.15) is 0 Å². The Balaban J connectivity index is 1.29. The average molecular weight is 511 g/mol. The zero-order chi connectivity index (χ0) is 25.5. The van der Waals surface area contributed by atoms with E-state index in [9.17, 15) is 9.90 Å². The first kappa shape index (κ1) is 26.4. The van der Waals surface area contributed by atoms with Gasteiger partial charge in [0.15, 0.2) is 0 Å². The van der Waals surface area contributed by atoms with Gasteiger partial charge in [-0.3, -0.25) is 9.78 Å². The fourth-order valence-electron chi connectivity index (χ4n) is 5.14. The van der Waals surface area contributed by atoms with E-state index >= 15 is 4.39 Å². The molecule has 1 fully saturated rings. The summed E-state index contributed by atoms with van der Waals surface area (Å²) in [6.07, 6.45) is 3.13. The lowest BCUT2D eigenvalue weighted by molar-refractivity contribution is -0.146. The summed E-state index contributed by atoms with van der Waals surface area (Å²) in [4.78, 5) is 20.0. The van der Waals surface area contributed by atoms with Crippen molar-refractivity contribution in [2.24, 2.45) is 11.8 Å². The van der Waals surface area contributed by atoms with Crippen LogP contribution in [0.2, 0.25) is 0 Å². The Morgan fingerprint density at radius 3 is 2.92 bits per heavy atom. The van der Waals surface area contributed by atoms with Crippen LogP contribution in [-0.2, 0) is 4.79 Å². The van der Waals surface area contributed by atoms with Crippen LogP contribution in [0, 0.1) is 18.8 Å². The molecule has 0 saturated carbocycles. The molecular formula is C29H35FN2O3S. The fraction of sp³-hybridized carbons (Fsp3) is 0.448. The molecule has 3 atom stereocenters. The number of fused-ring (bicyclic) bond motifs is 1. The van der Waals surface area contributed by atoms with Gasteiger partial charge in [0.1, 0.15) is 11.9 Å². The number of hydrogen-bond acceptors (Lipinski definition) is 5. The number of carbonyl (C=O) groups is 1. The van der Waals surface area contributed by atoms with E-state index < -0.39 is 18.1 Å². The van der Waals surface area contributed by atoms with Crippen molar-refractivity contribution >= 4 is 28.6 Å². The predicted molar refractivity (Wildman–Crippen MR) is 144 cm³/mol. The van der Waals surface area contributed by atoms with E-state index in [4.69, 9.17) is 4.74 Å². The van der Waals surface area contributed by atoms with Crippen LogP contribution in [0.1, 0.15) is 43.0 Å². The largest absolute Gasteiger partial charge is 0.497 e. The van der Waals surface area contributed by atoms with Crippen LogP contribution >= 0.6 is 11.8 Å². The first-order chi connectivity index (χ1) is 17.4. The van der Waals surface area contributed by atoms with Crippen molar-refractivity contribution in [1.29, 1.82) is 0 Å². The molecule has 0 spiro atoms. The van der Waals surface area contributed by atoms with Crippen molar-refractivity contribution in [2.45, 2.75) is 43.7 Å². The van der Waals surface area contributed by atoms with E-state index in [0.29, 0.717) is 30.7 Å². The maximum Gasteiger partial charge on any atom is 0.308 e. The first-order valence-corrected chi connectivity index (χ1v) is 13.6. The second-order valence-electron chi connectivity index (χ2n) is 9.64. The molecule has 1 aliphatic heterocycles. The van der Waals surface area contributed by atoms with Gasteiger partial charge in [0, 0.05) is 23.0 Å².